The van der Waals surface area contributed by atoms with E-state index >= 15 is 0 Å². The van der Waals surface area contributed by atoms with Crippen molar-refractivity contribution in [2.75, 3.05) is 6.54 Å². The molecule has 0 unspecified atom stereocenters. The first-order chi connectivity index (χ1) is 10.8. The summed E-state index contributed by atoms with van der Waals surface area (Å²) in [5.74, 6) is 0.0260. The van der Waals surface area contributed by atoms with E-state index in [4.69, 9.17) is 0 Å². The number of ketones is 1. The first-order valence-electron chi connectivity index (χ1n) is 7.76. The number of Topliss-reactive ketones (excluding diaryl/α,β-unsaturated/α-hetero) is 1. The topological polar surface area (TPSA) is 46.2 Å². The molecule has 1 heterocycles. The van der Waals surface area contributed by atoms with Gasteiger partial charge in [0.05, 0.1) is 4.88 Å². The Balaban J connectivity index is 1.88. The maximum atomic E-state index is 12.1. The Labute approximate surface area is 141 Å². The summed E-state index contributed by atoms with van der Waals surface area (Å²) in [5, 5.41) is 2.93. The molecule has 122 valence electrons. The van der Waals surface area contributed by atoms with E-state index in [0.29, 0.717) is 12.1 Å². The van der Waals surface area contributed by atoms with E-state index in [2.05, 4.69) is 26.1 Å². The van der Waals surface area contributed by atoms with Gasteiger partial charge in [-0.05, 0) is 48.6 Å². The van der Waals surface area contributed by atoms with Gasteiger partial charge in [0.15, 0.2) is 5.78 Å². The highest BCUT2D eigenvalue weighted by Crippen LogP contribution is 2.22. The van der Waals surface area contributed by atoms with Gasteiger partial charge < -0.3 is 5.32 Å². The first-order valence-corrected chi connectivity index (χ1v) is 8.57. The number of hydrogen-bond acceptors (Lipinski definition) is 3. The minimum Gasteiger partial charge on any atom is -0.352 e. The highest BCUT2D eigenvalue weighted by molar-refractivity contribution is 7.14. The molecule has 0 fully saturated rings. The van der Waals surface area contributed by atoms with Crippen molar-refractivity contribution in [2.45, 2.75) is 39.5 Å². The third-order valence-corrected chi connectivity index (χ3v) is 4.92. The van der Waals surface area contributed by atoms with E-state index in [1.54, 1.807) is 6.92 Å². The average Bonchev–Trinajstić information content (AvgIpc) is 2.95. The molecule has 0 bridgehead atoms. The summed E-state index contributed by atoms with van der Waals surface area (Å²) >= 11 is 1.49. The second-order valence-corrected chi connectivity index (χ2v) is 7.82. The van der Waals surface area contributed by atoms with Crippen molar-refractivity contribution >= 4 is 23.0 Å². The predicted molar refractivity (Wildman–Crippen MR) is 95.5 cm³/mol. The van der Waals surface area contributed by atoms with Crippen LogP contribution in [0.3, 0.4) is 0 Å². The number of nitrogens with one attached hydrogen (secondary N) is 1. The number of rotatable bonds is 5. The van der Waals surface area contributed by atoms with E-state index in [1.807, 2.05) is 36.4 Å². The second-order valence-electron chi connectivity index (χ2n) is 6.66. The summed E-state index contributed by atoms with van der Waals surface area (Å²) < 4.78 is 0. The van der Waals surface area contributed by atoms with Gasteiger partial charge in [-0.15, -0.1) is 11.3 Å². The van der Waals surface area contributed by atoms with E-state index in [1.165, 1.54) is 16.9 Å². The van der Waals surface area contributed by atoms with Gasteiger partial charge in [0.2, 0.25) is 0 Å². The van der Waals surface area contributed by atoms with Gasteiger partial charge in [-0.3, -0.25) is 9.59 Å². The second kappa shape index (κ2) is 7.09. The van der Waals surface area contributed by atoms with Crippen LogP contribution in [-0.2, 0) is 11.8 Å². The number of thiophene rings is 1. The molecule has 1 amide bonds. The van der Waals surface area contributed by atoms with Crippen LogP contribution in [0.4, 0.5) is 0 Å². The average molecular weight is 329 g/mol. The van der Waals surface area contributed by atoms with Crippen molar-refractivity contribution in [1.29, 1.82) is 0 Å². The number of carbonyl (C=O) groups excluding carboxylic acids is 2. The van der Waals surface area contributed by atoms with Gasteiger partial charge >= 0.3 is 0 Å². The van der Waals surface area contributed by atoms with Gasteiger partial charge in [0.1, 0.15) is 0 Å². The Kier molecular flexibility index (Phi) is 5.37. The van der Waals surface area contributed by atoms with E-state index in [0.717, 1.165) is 16.2 Å². The molecule has 2 rings (SSSR count). The predicted octanol–water partition coefficient (Wildman–Crippen LogP) is 4.22. The molecule has 0 aliphatic rings. The Hall–Kier alpha value is -1.94. The van der Waals surface area contributed by atoms with Crippen LogP contribution >= 0.6 is 11.3 Å². The monoisotopic (exact) mass is 329 g/mol. The number of benzene rings is 1. The fourth-order valence-corrected chi connectivity index (χ4v) is 3.13. The molecule has 0 radical (unpaired) electrons. The molecule has 0 saturated carbocycles. The maximum Gasteiger partial charge on any atom is 0.251 e. The lowest BCUT2D eigenvalue weighted by molar-refractivity contribution is 0.0953. The van der Waals surface area contributed by atoms with Gasteiger partial charge in [-0.1, -0.05) is 32.9 Å². The molecule has 1 aromatic heterocycles. The normalized spacial score (nSPS) is 11.3. The Morgan fingerprint density at radius 2 is 1.70 bits per heavy atom. The van der Waals surface area contributed by atoms with Crippen LogP contribution in [0.25, 0.3) is 0 Å². The minimum atomic E-state index is -0.0613. The highest BCUT2D eigenvalue weighted by atomic mass is 32.1. The summed E-state index contributed by atoms with van der Waals surface area (Å²) in [4.78, 5) is 25.3. The standard InChI is InChI=1S/C19H23NO2S/c1-13(21)17-10-9-16(23-17)11-12-20-18(22)14-5-7-15(8-6-14)19(2,3)4/h5-10H,11-12H2,1-4H3,(H,20,22). The van der Waals surface area contributed by atoms with Crippen molar-refractivity contribution in [1.82, 2.24) is 5.32 Å². The van der Waals surface area contributed by atoms with Gasteiger partial charge in [-0.2, -0.15) is 0 Å². The molecule has 23 heavy (non-hydrogen) atoms. The van der Waals surface area contributed by atoms with Crippen LogP contribution < -0.4 is 5.32 Å². The number of hydrogen-bond donors (Lipinski definition) is 1. The molecule has 4 heteroatoms. The Bertz CT molecular complexity index is 693. The van der Waals surface area contributed by atoms with Crippen molar-refractivity contribution in [3.05, 3.63) is 57.3 Å². The quantitative estimate of drug-likeness (QED) is 0.835. The van der Waals surface area contributed by atoms with Crippen LogP contribution in [-0.4, -0.2) is 18.2 Å². The lowest BCUT2D eigenvalue weighted by atomic mass is 9.87. The van der Waals surface area contributed by atoms with Crippen LogP contribution in [0.1, 0.15) is 58.2 Å². The maximum absolute atomic E-state index is 12.1. The molecule has 0 aliphatic carbocycles. The molecule has 1 aromatic carbocycles. The van der Waals surface area contributed by atoms with E-state index in [-0.39, 0.29) is 17.1 Å². The third kappa shape index (κ3) is 4.76. The number of carbonyl (C=O) groups is 2. The lowest BCUT2D eigenvalue weighted by Gasteiger charge is -2.19. The molecule has 0 saturated heterocycles. The number of amides is 1. The zero-order chi connectivity index (χ0) is 17.0. The molecule has 1 N–H and O–H groups in total. The summed E-state index contributed by atoms with van der Waals surface area (Å²) in [6, 6.07) is 11.5. The Morgan fingerprint density at radius 1 is 1.04 bits per heavy atom. The summed E-state index contributed by atoms with van der Waals surface area (Å²) in [7, 11) is 0. The summed E-state index contributed by atoms with van der Waals surface area (Å²) in [5.41, 5.74) is 1.97. The summed E-state index contributed by atoms with van der Waals surface area (Å²) in [6.45, 7) is 8.59. The Morgan fingerprint density at radius 3 is 2.22 bits per heavy atom. The minimum absolute atomic E-state index is 0.0613. The highest BCUT2D eigenvalue weighted by Gasteiger charge is 2.14. The fraction of sp³-hybridized carbons (Fsp3) is 0.368. The molecule has 0 atom stereocenters. The van der Waals surface area contributed by atoms with Crippen LogP contribution in [0.5, 0.6) is 0 Å². The van der Waals surface area contributed by atoms with Crippen molar-refractivity contribution in [3.8, 4) is 0 Å². The molecule has 3 nitrogen and oxygen atoms in total. The first kappa shape index (κ1) is 17.4. The zero-order valence-corrected chi connectivity index (χ0v) is 14.9. The van der Waals surface area contributed by atoms with Crippen molar-refractivity contribution < 1.29 is 9.59 Å². The molecular weight excluding hydrogens is 306 g/mol. The third-order valence-electron chi connectivity index (χ3n) is 3.68. The molecule has 0 spiro atoms. The fourth-order valence-electron chi connectivity index (χ4n) is 2.22. The van der Waals surface area contributed by atoms with Crippen molar-refractivity contribution in [2.24, 2.45) is 0 Å². The van der Waals surface area contributed by atoms with Crippen LogP contribution in [0, 0.1) is 0 Å². The SMILES string of the molecule is CC(=O)c1ccc(CCNC(=O)c2ccc(C(C)(C)C)cc2)s1. The molecular formula is C19H23NO2S. The van der Waals surface area contributed by atoms with Crippen LogP contribution in [0.15, 0.2) is 36.4 Å². The van der Waals surface area contributed by atoms with E-state index in [9.17, 15) is 9.59 Å². The van der Waals surface area contributed by atoms with Gasteiger partial charge in [-0.25, -0.2) is 0 Å². The smallest absolute Gasteiger partial charge is 0.251 e. The largest absolute Gasteiger partial charge is 0.352 e. The molecule has 2 aromatic rings. The van der Waals surface area contributed by atoms with Gasteiger partial charge in [0, 0.05) is 17.0 Å². The van der Waals surface area contributed by atoms with E-state index < -0.39 is 0 Å². The van der Waals surface area contributed by atoms with Crippen LogP contribution in [0.2, 0.25) is 0 Å². The zero-order valence-electron chi connectivity index (χ0n) is 14.1. The lowest BCUT2D eigenvalue weighted by Crippen LogP contribution is -2.25. The summed E-state index contributed by atoms with van der Waals surface area (Å²) in [6.07, 6.45) is 0.740. The van der Waals surface area contributed by atoms with Gasteiger partial charge in [0.25, 0.3) is 5.91 Å². The molecule has 0 aliphatic heterocycles. The van der Waals surface area contributed by atoms with Crippen molar-refractivity contribution in [3.63, 3.8) is 0 Å².